The molecule has 0 heterocycles. The first-order valence-corrected chi connectivity index (χ1v) is 4.03. The lowest BCUT2D eigenvalue weighted by molar-refractivity contribution is -0.139. The van der Waals surface area contributed by atoms with Gasteiger partial charge in [0.1, 0.15) is 6.04 Å². The van der Waals surface area contributed by atoms with Gasteiger partial charge in [-0.25, -0.2) is 0 Å². The molecule has 1 nitrogen and oxygen atoms in total. The molecule has 1 aliphatic carbocycles. The lowest BCUT2D eigenvalue weighted by atomic mass is 9.94. The van der Waals surface area contributed by atoms with Gasteiger partial charge in [0.2, 0.25) is 0 Å². The number of rotatable bonds is 1. The van der Waals surface area contributed by atoms with E-state index in [4.69, 9.17) is 5.73 Å². The standard InChI is InChI=1S/C8H12F3N/c9-8(10,11)7(12)6-4-2-1-3-5-6/h4,7H,1-3,5,12H2. The van der Waals surface area contributed by atoms with Crippen LogP contribution < -0.4 is 5.73 Å². The van der Waals surface area contributed by atoms with Crippen molar-refractivity contribution in [3.8, 4) is 0 Å². The summed E-state index contributed by atoms with van der Waals surface area (Å²) >= 11 is 0. The fourth-order valence-electron chi connectivity index (χ4n) is 1.36. The van der Waals surface area contributed by atoms with Crippen molar-refractivity contribution >= 4 is 0 Å². The molecule has 0 aromatic heterocycles. The van der Waals surface area contributed by atoms with E-state index in [-0.39, 0.29) is 0 Å². The molecule has 1 rings (SSSR count). The van der Waals surface area contributed by atoms with Crippen LogP contribution >= 0.6 is 0 Å². The number of hydrogen-bond donors (Lipinski definition) is 1. The van der Waals surface area contributed by atoms with E-state index in [1.807, 2.05) is 0 Å². The van der Waals surface area contributed by atoms with Crippen molar-refractivity contribution in [2.75, 3.05) is 0 Å². The third-order valence-corrected chi connectivity index (χ3v) is 2.08. The van der Waals surface area contributed by atoms with Crippen molar-refractivity contribution in [1.82, 2.24) is 0 Å². The summed E-state index contributed by atoms with van der Waals surface area (Å²) in [4.78, 5) is 0. The summed E-state index contributed by atoms with van der Waals surface area (Å²) in [5.41, 5.74) is 5.39. The van der Waals surface area contributed by atoms with Crippen LogP contribution in [0.1, 0.15) is 25.7 Å². The van der Waals surface area contributed by atoms with Crippen LogP contribution in [0.3, 0.4) is 0 Å². The summed E-state index contributed by atoms with van der Waals surface area (Å²) in [6, 6.07) is -1.74. The Labute approximate surface area is 69.4 Å². The molecule has 0 fully saturated rings. The Balaban J connectivity index is 2.62. The molecular formula is C8H12F3N. The third kappa shape index (κ3) is 2.24. The summed E-state index contributed by atoms with van der Waals surface area (Å²) in [5, 5.41) is 0. The van der Waals surface area contributed by atoms with Gasteiger partial charge in [-0.3, -0.25) is 0 Å². The largest absolute Gasteiger partial charge is 0.407 e. The molecule has 70 valence electrons. The van der Waals surface area contributed by atoms with Crippen molar-refractivity contribution in [1.29, 1.82) is 0 Å². The van der Waals surface area contributed by atoms with Crippen LogP contribution in [0.5, 0.6) is 0 Å². The molecule has 0 saturated heterocycles. The summed E-state index contributed by atoms with van der Waals surface area (Å²) in [6.07, 6.45) is 0.397. The zero-order valence-corrected chi connectivity index (χ0v) is 6.69. The molecular weight excluding hydrogens is 167 g/mol. The lowest BCUT2D eigenvalue weighted by Gasteiger charge is -2.21. The molecule has 1 unspecified atom stereocenters. The van der Waals surface area contributed by atoms with Crippen LogP contribution in [0, 0.1) is 0 Å². The van der Waals surface area contributed by atoms with Gasteiger partial charge in [0.15, 0.2) is 0 Å². The number of alkyl halides is 3. The van der Waals surface area contributed by atoms with Gasteiger partial charge in [-0.2, -0.15) is 13.2 Å². The number of allylic oxidation sites excluding steroid dienone is 1. The summed E-state index contributed by atoms with van der Waals surface area (Å²) in [7, 11) is 0. The fourth-order valence-corrected chi connectivity index (χ4v) is 1.36. The highest BCUT2D eigenvalue weighted by molar-refractivity contribution is 5.14. The third-order valence-electron chi connectivity index (χ3n) is 2.08. The molecule has 2 N–H and O–H groups in total. The van der Waals surface area contributed by atoms with Gasteiger partial charge in [-0.05, 0) is 31.3 Å². The molecule has 12 heavy (non-hydrogen) atoms. The average molecular weight is 179 g/mol. The first-order valence-electron chi connectivity index (χ1n) is 4.03. The zero-order valence-electron chi connectivity index (χ0n) is 6.69. The van der Waals surface area contributed by atoms with E-state index in [2.05, 4.69) is 0 Å². The molecule has 0 radical (unpaired) electrons. The van der Waals surface area contributed by atoms with Crippen LogP contribution in [0.4, 0.5) is 13.2 Å². The first kappa shape index (κ1) is 9.58. The molecule has 0 saturated carbocycles. The molecule has 0 amide bonds. The predicted molar refractivity (Wildman–Crippen MR) is 40.6 cm³/mol. The maximum atomic E-state index is 12.1. The quantitative estimate of drug-likeness (QED) is 0.614. The Bertz CT molecular complexity index is 183. The van der Waals surface area contributed by atoms with E-state index in [1.165, 1.54) is 0 Å². The second kappa shape index (κ2) is 3.47. The van der Waals surface area contributed by atoms with E-state index >= 15 is 0 Å². The van der Waals surface area contributed by atoms with Gasteiger partial charge in [0.25, 0.3) is 0 Å². The summed E-state index contributed by atoms with van der Waals surface area (Å²) in [6.45, 7) is 0. The molecule has 0 bridgehead atoms. The van der Waals surface area contributed by atoms with Gasteiger partial charge in [0, 0.05) is 0 Å². The van der Waals surface area contributed by atoms with Gasteiger partial charge < -0.3 is 5.73 Å². The van der Waals surface area contributed by atoms with Crippen LogP contribution in [-0.2, 0) is 0 Å². The van der Waals surface area contributed by atoms with Crippen LogP contribution in [0.25, 0.3) is 0 Å². The number of halogens is 3. The minimum atomic E-state index is -4.27. The fraction of sp³-hybridized carbons (Fsp3) is 0.750. The van der Waals surface area contributed by atoms with Crippen molar-refractivity contribution < 1.29 is 13.2 Å². The van der Waals surface area contributed by atoms with E-state index in [0.29, 0.717) is 12.0 Å². The normalized spacial score (nSPS) is 21.8. The van der Waals surface area contributed by atoms with E-state index in [9.17, 15) is 13.2 Å². The van der Waals surface area contributed by atoms with Crippen molar-refractivity contribution in [3.05, 3.63) is 11.6 Å². The molecule has 0 aliphatic heterocycles. The highest BCUT2D eigenvalue weighted by Crippen LogP contribution is 2.29. The molecule has 4 heteroatoms. The Morgan fingerprint density at radius 1 is 1.33 bits per heavy atom. The summed E-state index contributed by atoms with van der Waals surface area (Å²) < 4.78 is 36.2. The second-order valence-corrected chi connectivity index (χ2v) is 3.04. The zero-order chi connectivity index (χ0) is 9.19. The molecule has 1 aliphatic rings. The monoisotopic (exact) mass is 179 g/mol. The van der Waals surface area contributed by atoms with Crippen LogP contribution in [0.2, 0.25) is 0 Å². The first-order chi connectivity index (χ1) is 5.52. The minimum absolute atomic E-state index is 0.355. The number of hydrogen-bond acceptors (Lipinski definition) is 1. The van der Waals surface area contributed by atoms with Crippen LogP contribution in [-0.4, -0.2) is 12.2 Å². The van der Waals surface area contributed by atoms with Gasteiger partial charge >= 0.3 is 6.18 Å². The Kier molecular flexibility index (Phi) is 2.77. The second-order valence-electron chi connectivity index (χ2n) is 3.04. The Morgan fingerprint density at radius 3 is 2.42 bits per heavy atom. The maximum Gasteiger partial charge on any atom is 0.407 e. The predicted octanol–water partition coefficient (Wildman–Crippen LogP) is 2.38. The van der Waals surface area contributed by atoms with Crippen LogP contribution in [0.15, 0.2) is 11.6 Å². The Morgan fingerprint density at radius 2 is 2.00 bits per heavy atom. The molecule has 0 spiro atoms. The SMILES string of the molecule is NC(C1=CCCCC1)C(F)(F)F. The molecule has 1 atom stereocenters. The highest BCUT2D eigenvalue weighted by Gasteiger charge is 2.38. The Hall–Kier alpha value is -0.510. The summed E-state index contributed by atoms with van der Waals surface area (Å²) in [5.74, 6) is 0. The van der Waals surface area contributed by atoms with Crippen molar-refractivity contribution in [2.45, 2.75) is 37.9 Å². The average Bonchev–Trinajstić information content (AvgIpc) is 2.03. The maximum absolute atomic E-state index is 12.1. The van der Waals surface area contributed by atoms with E-state index in [1.54, 1.807) is 6.08 Å². The van der Waals surface area contributed by atoms with Gasteiger partial charge in [-0.15, -0.1) is 0 Å². The van der Waals surface area contributed by atoms with Crippen molar-refractivity contribution in [2.24, 2.45) is 5.73 Å². The van der Waals surface area contributed by atoms with Gasteiger partial charge in [0.05, 0.1) is 0 Å². The minimum Gasteiger partial charge on any atom is -0.317 e. The van der Waals surface area contributed by atoms with E-state index in [0.717, 1.165) is 19.3 Å². The number of nitrogens with two attached hydrogens (primary N) is 1. The highest BCUT2D eigenvalue weighted by atomic mass is 19.4. The van der Waals surface area contributed by atoms with Gasteiger partial charge in [-0.1, -0.05) is 6.08 Å². The molecule has 0 aromatic carbocycles. The van der Waals surface area contributed by atoms with E-state index < -0.39 is 12.2 Å². The topological polar surface area (TPSA) is 26.0 Å². The molecule has 0 aromatic rings. The van der Waals surface area contributed by atoms with Crippen molar-refractivity contribution in [3.63, 3.8) is 0 Å². The lowest BCUT2D eigenvalue weighted by Crippen LogP contribution is -2.39. The smallest absolute Gasteiger partial charge is 0.317 e.